The Morgan fingerprint density at radius 1 is 1.11 bits per heavy atom. The maximum absolute atomic E-state index is 6.16. The molecule has 1 nitrogen and oxygen atoms in total. The molecular weight excluding hydrogens is 312 g/mol. The number of halogens is 2. The smallest absolute Gasteiger partial charge is 0.132 e. The Bertz CT molecular complexity index is 566. The zero-order chi connectivity index (χ0) is 13.1. The minimum Gasteiger partial charge on any atom is -0.457 e. The molecule has 2 aromatic rings. The lowest BCUT2D eigenvalue weighted by atomic mass is 10.1. The minimum atomic E-state index is 0.673. The average Bonchev–Trinajstić information content (AvgIpc) is 2.34. The predicted octanol–water partition coefficient (Wildman–Crippen LogP) is 5.64. The second-order valence-corrected chi connectivity index (χ2v) is 5.19. The van der Waals surface area contributed by atoms with E-state index in [1.165, 1.54) is 5.56 Å². The van der Waals surface area contributed by atoms with Gasteiger partial charge in [-0.3, -0.25) is 0 Å². The molecule has 2 aromatic carbocycles. The highest BCUT2D eigenvalue weighted by Crippen LogP contribution is 2.33. The molecule has 3 heteroatoms. The zero-order valence-corrected chi connectivity index (χ0v) is 12.7. The minimum absolute atomic E-state index is 0.673. The second kappa shape index (κ2) is 5.77. The van der Waals surface area contributed by atoms with Gasteiger partial charge < -0.3 is 4.74 Å². The molecule has 0 amide bonds. The first-order valence-electron chi connectivity index (χ1n) is 5.70. The quantitative estimate of drug-likeness (QED) is 0.663. The van der Waals surface area contributed by atoms with Crippen LogP contribution in [-0.2, 0) is 5.33 Å². The van der Waals surface area contributed by atoms with E-state index in [0.717, 1.165) is 27.6 Å². The van der Waals surface area contributed by atoms with Crippen molar-refractivity contribution in [3.05, 3.63) is 58.1 Å². The van der Waals surface area contributed by atoms with Crippen molar-refractivity contribution >= 4 is 27.5 Å². The Labute approximate surface area is 121 Å². The van der Waals surface area contributed by atoms with Crippen LogP contribution in [0.2, 0.25) is 5.02 Å². The van der Waals surface area contributed by atoms with Crippen LogP contribution in [0.5, 0.6) is 11.5 Å². The van der Waals surface area contributed by atoms with Crippen molar-refractivity contribution in [3.63, 3.8) is 0 Å². The van der Waals surface area contributed by atoms with Crippen molar-refractivity contribution < 1.29 is 4.74 Å². The van der Waals surface area contributed by atoms with Crippen molar-refractivity contribution in [1.82, 2.24) is 0 Å². The summed E-state index contributed by atoms with van der Waals surface area (Å²) >= 11 is 9.60. The molecule has 0 radical (unpaired) electrons. The van der Waals surface area contributed by atoms with Gasteiger partial charge in [-0.25, -0.2) is 0 Å². The van der Waals surface area contributed by atoms with Gasteiger partial charge in [-0.2, -0.15) is 0 Å². The maximum atomic E-state index is 6.16. The number of rotatable bonds is 3. The van der Waals surface area contributed by atoms with Crippen LogP contribution < -0.4 is 4.74 Å². The number of hydrogen-bond acceptors (Lipinski definition) is 1. The monoisotopic (exact) mass is 324 g/mol. The lowest BCUT2D eigenvalue weighted by Crippen LogP contribution is -1.92. The van der Waals surface area contributed by atoms with Crippen LogP contribution in [0, 0.1) is 13.8 Å². The summed E-state index contributed by atoms with van der Waals surface area (Å²) in [6.45, 7) is 4.09. The molecule has 18 heavy (non-hydrogen) atoms. The van der Waals surface area contributed by atoms with Gasteiger partial charge in [0, 0.05) is 15.9 Å². The summed E-state index contributed by atoms with van der Waals surface area (Å²) in [5.41, 5.74) is 3.26. The molecular formula is C15H14BrClO. The van der Waals surface area contributed by atoms with E-state index in [0.29, 0.717) is 5.33 Å². The average molecular weight is 326 g/mol. The summed E-state index contributed by atoms with van der Waals surface area (Å²) in [4.78, 5) is 0. The van der Waals surface area contributed by atoms with E-state index >= 15 is 0 Å². The molecule has 0 atom stereocenters. The van der Waals surface area contributed by atoms with E-state index in [1.54, 1.807) is 0 Å². The normalized spacial score (nSPS) is 10.4. The third-order valence-electron chi connectivity index (χ3n) is 2.77. The third-order valence-corrected chi connectivity index (χ3v) is 3.69. The lowest BCUT2D eigenvalue weighted by molar-refractivity contribution is 0.474. The van der Waals surface area contributed by atoms with Gasteiger partial charge >= 0.3 is 0 Å². The van der Waals surface area contributed by atoms with Crippen molar-refractivity contribution in [3.8, 4) is 11.5 Å². The standard InChI is InChI=1S/C15H14BrClO/c1-10-6-7-11(2)15(8-10)18-14-5-3-4-13(17)12(14)9-16/h3-8H,9H2,1-2H3. The molecule has 0 N–H and O–H groups in total. The molecule has 0 aliphatic rings. The fourth-order valence-electron chi connectivity index (χ4n) is 1.70. The van der Waals surface area contributed by atoms with Gasteiger partial charge in [0.2, 0.25) is 0 Å². The highest BCUT2D eigenvalue weighted by Gasteiger charge is 2.09. The van der Waals surface area contributed by atoms with Crippen LogP contribution in [0.25, 0.3) is 0 Å². The van der Waals surface area contributed by atoms with Crippen molar-refractivity contribution in [1.29, 1.82) is 0 Å². The van der Waals surface area contributed by atoms with Crippen LogP contribution in [0.15, 0.2) is 36.4 Å². The third kappa shape index (κ3) is 2.88. The number of hydrogen-bond donors (Lipinski definition) is 0. The molecule has 0 saturated carbocycles. The van der Waals surface area contributed by atoms with Crippen LogP contribution in [0.3, 0.4) is 0 Å². The number of alkyl halides is 1. The Morgan fingerprint density at radius 2 is 1.89 bits per heavy atom. The summed E-state index contributed by atoms with van der Waals surface area (Å²) in [5, 5.41) is 1.39. The molecule has 94 valence electrons. The summed E-state index contributed by atoms with van der Waals surface area (Å²) in [7, 11) is 0. The molecule has 0 fully saturated rings. The fourth-order valence-corrected chi connectivity index (χ4v) is 2.67. The van der Waals surface area contributed by atoms with E-state index in [9.17, 15) is 0 Å². The van der Waals surface area contributed by atoms with Gasteiger partial charge in [-0.15, -0.1) is 0 Å². The second-order valence-electron chi connectivity index (χ2n) is 4.22. The Balaban J connectivity index is 2.40. The summed E-state index contributed by atoms with van der Waals surface area (Å²) < 4.78 is 5.98. The molecule has 0 aliphatic heterocycles. The number of ether oxygens (including phenoxy) is 1. The van der Waals surface area contributed by atoms with E-state index in [4.69, 9.17) is 16.3 Å². The van der Waals surface area contributed by atoms with Crippen LogP contribution in [-0.4, -0.2) is 0 Å². The topological polar surface area (TPSA) is 9.23 Å². The molecule has 0 bridgehead atoms. The van der Waals surface area contributed by atoms with E-state index < -0.39 is 0 Å². The molecule has 0 heterocycles. The van der Waals surface area contributed by atoms with Gasteiger partial charge in [0.05, 0.1) is 0 Å². The maximum Gasteiger partial charge on any atom is 0.132 e. The van der Waals surface area contributed by atoms with Gasteiger partial charge in [0.25, 0.3) is 0 Å². The molecule has 0 unspecified atom stereocenters. The van der Waals surface area contributed by atoms with Crippen molar-refractivity contribution in [2.24, 2.45) is 0 Å². The first-order chi connectivity index (χ1) is 8.61. The Kier molecular flexibility index (Phi) is 4.31. The van der Waals surface area contributed by atoms with Gasteiger partial charge in [-0.05, 0) is 43.2 Å². The lowest BCUT2D eigenvalue weighted by Gasteiger charge is -2.13. The first kappa shape index (κ1) is 13.4. The van der Waals surface area contributed by atoms with Crippen molar-refractivity contribution in [2.75, 3.05) is 0 Å². The number of benzene rings is 2. The summed E-state index contributed by atoms with van der Waals surface area (Å²) in [6, 6.07) is 11.9. The summed E-state index contributed by atoms with van der Waals surface area (Å²) in [6.07, 6.45) is 0. The Morgan fingerprint density at radius 3 is 2.61 bits per heavy atom. The molecule has 0 spiro atoms. The molecule has 0 saturated heterocycles. The van der Waals surface area contributed by atoms with Crippen LogP contribution in [0.4, 0.5) is 0 Å². The van der Waals surface area contributed by atoms with E-state index in [2.05, 4.69) is 35.0 Å². The molecule has 0 aliphatic carbocycles. The highest BCUT2D eigenvalue weighted by molar-refractivity contribution is 9.08. The first-order valence-corrected chi connectivity index (χ1v) is 7.20. The van der Waals surface area contributed by atoms with Gasteiger partial charge in [-0.1, -0.05) is 45.7 Å². The summed E-state index contributed by atoms with van der Waals surface area (Å²) in [5.74, 6) is 1.67. The SMILES string of the molecule is Cc1ccc(C)c(Oc2cccc(Cl)c2CBr)c1. The van der Waals surface area contributed by atoms with Gasteiger partial charge in [0.15, 0.2) is 0 Å². The van der Waals surface area contributed by atoms with Gasteiger partial charge in [0.1, 0.15) is 11.5 Å². The van der Waals surface area contributed by atoms with Crippen molar-refractivity contribution in [2.45, 2.75) is 19.2 Å². The van der Waals surface area contributed by atoms with E-state index in [-0.39, 0.29) is 0 Å². The number of aryl methyl sites for hydroxylation is 2. The molecule has 2 rings (SSSR count). The van der Waals surface area contributed by atoms with Crippen LogP contribution >= 0.6 is 27.5 Å². The zero-order valence-electron chi connectivity index (χ0n) is 10.3. The van der Waals surface area contributed by atoms with Crippen LogP contribution in [0.1, 0.15) is 16.7 Å². The molecule has 0 aromatic heterocycles. The fraction of sp³-hybridized carbons (Fsp3) is 0.200. The highest BCUT2D eigenvalue weighted by atomic mass is 79.9. The largest absolute Gasteiger partial charge is 0.457 e. The van der Waals surface area contributed by atoms with E-state index in [1.807, 2.05) is 31.2 Å². The predicted molar refractivity (Wildman–Crippen MR) is 80.1 cm³/mol. The Hall–Kier alpha value is -0.990.